The highest BCUT2D eigenvalue weighted by Crippen LogP contribution is 2.43. The van der Waals surface area contributed by atoms with Crippen LogP contribution < -0.4 is 0 Å². The van der Waals surface area contributed by atoms with Gasteiger partial charge in [-0.3, -0.25) is 0 Å². The second-order valence-corrected chi connectivity index (χ2v) is 14.4. The van der Waals surface area contributed by atoms with Gasteiger partial charge in [0, 0.05) is 27.3 Å². The van der Waals surface area contributed by atoms with Crippen molar-refractivity contribution in [3.05, 3.63) is 182 Å². The fourth-order valence-electron chi connectivity index (χ4n) is 8.50. The molecule has 0 saturated carbocycles. The zero-order chi connectivity index (χ0) is 36.7. The number of hydrogen-bond donors (Lipinski definition) is 0. The van der Waals surface area contributed by atoms with E-state index in [9.17, 15) is 0 Å². The van der Waals surface area contributed by atoms with Gasteiger partial charge in [0.25, 0.3) is 0 Å². The smallest absolute Gasteiger partial charge is 0.167 e. The van der Waals surface area contributed by atoms with Gasteiger partial charge in [0.2, 0.25) is 0 Å². The van der Waals surface area contributed by atoms with Gasteiger partial charge in [0.05, 0.1) is 27.7 Å². The second kappa shape index (κ2) is 11.9. The first-order valence-electron chi connectivity index (χ1n) is 18.8. The molecule has 3 aromatic heterocycles. The van der Waals surface area contributed by atoms with Gasteiger partial charge < -0.3 is 8.98 Å². The average molecular weight is 715 g/mol. The van der Waals surface area contributed by atoms with E-state index in [1.807, 2.05) is 12.1 Å². The largest absolute Gasteiger partial charge is 0.455 e. The van der Waals surface area contributed by atoms with E-state index in [-0.39, 0.29) is 0 Å². The van der Waals surface area contributed by atoms with Crippen molar-refractivity contribution < 1.29 is 4.42 Å². The van der Waals surface area contributed by atoms with Crippen LogP contribution in [0.1, 0.15) is 0 Å². The highest BCUT2D eigenvalue weighted by atomic mass is 16.3. The van der Waals surface area contributed by atoms with Gasteiger partial charge in [-0.15, -0.1) is 0 Å². The number of furan rings is 1. The van der Waals surface area contributed by atoms with Crippen LogP contribution in [0.2, 0.25) is 0 Å². The van der Waals surface area contributed by atoms with Crippen molar-refractivity contribution in [2.75, 3.05) is 0 Å². The molecule has 0 aliphatic heterocycles. The molecule has 0 atom stereocenters. The summed E-state index contributed by atoms with van der Waals surface area (Å²) in [5, 5.41) is 11.5. The van der Waals surface area contributed by atoms with E-state index in [0.717, 1.165) is 76.9 Å². The van der Waals surface area contributed by atoms with Crippen molar-refractivity contribution in [1.82, 2.24) is 19.5 Å². The Morgan fingerprint density at radius 3 is 1.59 bits per heavy atom. The molecule has 0 spiro atoms. The van der Waals surface area contributed by atoms with Gasteiger partial charge in [-0.1, -0.05) is 133 Å². The van der Waals surface area contributed by atoms with E-state index >= 15 is 0 Å². The van der Waals surface area contributed by atoms with Crippen molar-refractivity contribution in [3.63, 3.8) is 0 Å². The molecule has 0 saturated heterocycles. The summed E-state index contributed by atoms with van der Waals surface area (Å²) in [5.74, 6) is 1.76. The summed E-state index contributed by atoms with van der Waals surface area (Å²) in [6.45, 7) is 0. The molecule has 56 heavy (non-hydrogen) atoms. The van der Waals surface area contributed by atoms with Crippen LogP contribution in [-0.2, 0) is 0 Å². The predicted molar refractivity (Wildman–Crippen MR) is 230 cm³/mol. The molecule has 0 fully saturated rings. The lowest BCUT2D eigenvalue weighted by atomic mass is 10.0. The third-order valence-electron chi connectivity index (χ3n) is 11.2. The van der Waals surface area contributed by atoms with Crippen LogP contribution in [0.3, 0.4) is 0 Å². The molecule has 12 rings (SSSR count). The lowest BCUT2D eigenvalue weighted by molar-refractivity contribution is 0.669. The molecule has 0 radical (unpaired) electrons. The van der Waals surface area contributed by atoms with E-state index in [0.29, 0.717) is 17.5 Å². The molecule has 5 heteroatoms. The molecule has 3 heterocycles. The first-order chi connectivity index (χ1) is 27.7. The summed E-state index contributed by atoms with van der Waals surface area (Å²) in [6.07, 6.45) is 0. The fraction of sp³-hybridized carbons (Fsp3) is 0. The number of aromatic nitrogens is 4. The highest BCUT2D eigenvalue weighted by Gasteiger charge is 2.23. The standard InChI is InChI=1S/C51H30N4O/c1-3-13-33-27-37(23-21-31(33)11-1)49-52-50(38-24-22-32-12-2-4-14-34(32)28-38)54-51(53-49)41-25-26-44(47-40-18-8-10-20-46(40)56-48(41)47)55-43-19-9-7-17-39(43)42-29-35-15-5-6-16-36(35)30-45(42)55/h1-30H. The van der Waals surface area contributed by atoms with E-state index in [2.05, 4.69) is 174 Å². The van der Waals surface area contributed by atoms with Crippen LogP contribution in [0.15, 0.2) is 186 Å². The van der Waals surface area contributed by atoms with Gasteiger partial charge in [-0.05, 0) is 80.8 Å². The zero-order valence-electron chi connectivity index (χ0n) is 30.0. The van der Waals surface area contributed by atoms with Crippen molar-refractivity contribution in [3.8, 4) is 39.9 Å². The second-order valence-electron chi connectivity index (χ2n) is 14.4. The third kappa shape index (κ3) is 4.71. The van der Waals surface area contributed by atoms with Crippen LogP contribution in [0.4, 0.5) is 0 Å². The molecular formula is C51H30N4O. The summed E-state index contributed by atoms with van der Waals surface area (Å²) < 4.78 is 9.25. The van der Waals surface area contributed by atoms with Gasteiger partial charge in [-0.2, -0.15) is 0 Å². The maximum absolute atomic E-state index is 6.86. The van der Waals surface area contributed by atoms with Crippen molar-refractivity contribution in [2.45, 2.75) is 0 Å². The number of hydrogen-bond acceptors (Lipinski definition) is 4. The van der Waals surface area contributed by atoms with Crippen molar-refractivity contribution in [2.24, 2.45) is 0 Å². The lowest BCUT2D eigenvalue weighted by Crippen LogP contribution is -2.01. The summed E-state index contributed by atoms with van der Waals surface area (Å²) in [4.78, 5) is 15.6. The van der Waals surface area contributed by atoms with Gasteiger partial charge in [0.1, 0.15) is 11.2 Å². The number of fused-ring (bicyclic) bond motifs is 9. The van der Waals surface area contributed by atoms with Crippen LogP contribution in [0.25, 0.3) is 116 Å². The molecule has 0 unspecified atom stereocenters. The van der Waals surface area contributed by atoms with Crippen molar-refractivity contribution in [1.29, 1.82) is 0 Å². The monoisotopic (exact) mass is 714 g/mol. The molecular weight excluding hydrogens is 685 g/mol. The summed E-state index contributed by atoms with van der Waals surface area (Å²) in [5.41, 5.74) is 7.49. The Labute approximate surface area is 320 Å². The summed E-state index contributed by atoms with van der Waals surface area (Å²) in [7, 11) is 0. The van der Waals surface area contributed by atoms with E-state index in [4.69, 9.17) is 19.4 Å². The summed E-state index contributed by atoms with van der Waals surface area (Å²) in [6, 6.07) is 64.0. The topological polar surface area (TPSA) is 56.7 Å². The van der Waals surface area contributed by atoms with E-state index in [1.54, 1.807) is 0 Å². The maximum atomic E-state index is 6.86. The van der Waals surface area contributed by atoms with Crippen LogP contribution in [-0.4, -0.2) is 19.5 Å². The quantitative estimate of drug-likeness (QED) is 0.182. The normalized spacial score (nSPS) is 11.9. The molecule has 0 amide bonds. The molecule has 9 aromatic carbocycles. The molecule has 0 aliphatic carbocycles. The van der Waals surface area contributed by atoms with E-state index < -0.39 is 0 Å². The number of para-hydroxylation sites is 2. The Morgan fingerprint density at radius 2 is 0.911 bits per heavy atom. The SMILES string of the molecule is c1ccc2cc(-c3nc(-c4ccc5ccccc5c4)nc(-c4ccc(-n5c6ccccc6c6cc7ccccc7cc65)c5c4oc4ccccc45)n3)ccc2c1. The number of rotatable bonds is 4. The minimum Gasteiger partial charge on any atom is -0.455 e. The molecule has 12 aromatic rings. The Hall–Kier alpha value is -7.63. The van der Waals surface area contributed by atoms with Gasteiger partial charge >= 0.3 is 0 Å². The van der Waals surface area contributed by atoms with Crippen LogP contribution in [0.5, 0.6) is 0 Å². The molecule has 0 N–H and O–H groups in total. The molecule has 5 nitrogen and oxygen atoms in total. The minimum absolute atomic E-state index is 0.551. The first-order valence-corrected chi connectivity index (χ1v) is 18.8. The maximum Gasteiger partial charge on any atom is 0.167 e. The molecule has 0 aliphatic rings. The minimum atomic E-state index is 0.551. The summed E-state index contributed by atoms with van der Waals surface area (Å²) >= 11 is 0. The average Bonchev–Trinajstić information content (AvgIpc) is 3.81. The zero-order valence-corrected chi connectivity index (χ0v) is 30.0. The van der Waals surface area contributed by atoms with Gasteiger partial charge in [0.15, 0.2) is 17.5 Å². The predicted octanol–water partition coefficient (Wildman–Crippen LogP) is 13.3. The van der Waals surface area contributed by atoms with Crippen molar-refractivity contribution >= 4 is 76.1 Å². The van der Waals surface area contributed by atoms with Crippen LogP contribution in [0, 0.1) is 0 Å². The Kier molecular flexibility index (Phi) is 6.56. The van der Waals surface area contributed by atoms with Gasteiger partial charge in [-0.25, -0.2) is 15.0 Å². The highest BCUT2D eigenvalue weighted by molar-refractivity contribution is 6.18. The first kappa shape index (κ1) is 30.8. The Balaban J connectivity index is 1.15. The van der Waals surface area contributed by atoms with Crippen LogP contribution >= 0.6 is 0 Å². The fourth-order valence-corrected chi connectivity index (χ4v) is 8.50. The number of benzene rings is 9. The number of nitrogens with zero attached hydrogens (tertiary/aromatic N) is 4. The Morgan fingerprint density at radius 1 is 0.375 bits per heavy atom. The molecule has 260 valence electrons. The molecule has 0 bridgehead atoms. The Bertz CT molecular complexity index is 3460. The lowest BCUT2D eigenvalue weighted by Gasteiger charge is -2.13. The van der Waals surface area contributed by atoms with E-state index in [1.165, 1.54) is 21.5 Å². The third-order valence-corrected chi connectivity index (χ3v) is 11.2.